The van der Waals surface area contributed by atoms with Gasteiger partial charge in [-0.2, -0.15) is 13.2 Å². The summed E-state index contributed by atoms with van der Waals surface area (Å²) in [6.07, 6.45) is -4.80. The number of aliphatic carboxylic acids is 1. The van der Waals surface area contributed by atoms with Crippen LogP contribution in [0, 0.1) is 5.92 Å². The zero-order valence-corrected chi connectivity index (χ0v) is 11.1. The van der Waals surface area contributed by atoms with Gasteiger partial charge >= 0.3 is 12.1 Å². The molecule has 1 aromatic rings. The summed E-state index contributed by atoms with van der Waals surface area (Å²) in [4.78, 5) is 10.5. The van der Waals surface area contributed by atoms with Crippen LogP contribution in [0.5, 0.6) is 0 Å². The van der Waals surface area contributed by atoms with E-state index in [0.29, 0.717) is 4.47 Å². The fourth-order valence-corrected chi connectivity index (χ4v) is 1.93. The third-order valence-corrected chi connectivity index (χ3v) is 2.93. The largest absolute Gasteiger partial charge is 0.481 e. The molecule has 3 nitrogen and oxygen atoms in total. The van der Waals surface area contributed by atoms with Crippen LogP contribution in [-0.4, -0.2) is 23.8 Å². The summed E-state index contributed by atoms with van der Waals surface area (Å²) in [5.41, 5.74) is 0.246. The molecule has 1 aromatic carbocycles. The normalized spacial score (nSPS) is 13.2. The van der Waals surface area contributed by atoms with Gasteiger partial charge in [0.2, 0.25) is 0 Å². The molecule has 0 amide bonds. The van der Waals surface area contributed by atoms with E-state index in [4.69, 9.17) is 16.7 Å². The smallest absolute Gasteiger partial charge is 0.403 e. The first-order valence-corrected chi connectivity index (χ1v) is 5.87. The number of nitrogens with one attached hydrogen (secondary N) is 1. The molecule has 0 aliphatic rings. The van der Waals surface area contributed by atoms with Gasteiger partial charge in [-0.05, 0) is 18.2 Å². The van der Waals surface area contributed by atoms with Crippen molar-refractivity contribution in [2.45, 2.75) is 6.18 Å². The summed E-state index contributed by atoms with van der Waals surface area (Å²) in [5.74, 6) is -4.40. The molecular formula is C10H8BrClF3NO2. The molecule has 0 saturated carbocycles. The first kappa shape index (κ1) is 15.1. The topological polar surface area (TPSA) is 49.3 Å². The van der Waals surface area contributed by atoms with E-state index in [1.54, 1.807) is 6.07 Å². The van der Waals surface area contributed by atoms with E-state index in [-0.39, 0.29) is 10.7 Å². The average Bonchev–Trinajstić information content (AvgIpc) is 2.18. The molecule has 1 unspecified atom stereocenters. The molecule has 2 N–H and O–H groups in total. The van der Waals surface area contributed by atoms with E-state index in [0.717, 1.165) is 0 Å². The lowest BCUT2D eigenvalue weighted by atomic mass is 10.1. The molecule has 0 heterocycles. The number of halogens is 5. The van der Waals surface area contributed by atoms with E-state index in [2.05, 4.69) is 21.2 Å². The molecule has 0 aliphatic heterocycles. The highest BCUT2D eigenvalue weighted by Gasteiger charge is 2.44. The molecule has 0 fully saturated rings. The van der Waals surface area contributed by atoms with Crippen LogP contribution in [0.25, 0.3) is 0 Å². The quantitative estimate of drug-likeness (QED) is 0.872. The van der Waals surface area contributed by atoms with Gasteiger partial charge < -0.3 is 10.4 Å². The third kappa shape index (κ3) is 4.06. The maximum Gasteiger partial charge on any atom is 0.403 e. The Hall–Kier alpha value is -0.950. The first-order valence-electron chi connectivity index (χ1n) is 4.70. The Morgan fingerprint density at radius 2 is 2.11 bits per heavy atom. The molecule has 100 valence electrons. The molecule has 0 saturated heterocycles. The Morgan fingerprint density at radius 1 is 1.50 bits per heavy atom. The predicted molar refractivity (Wildman–Crippen MR) is 64.8 cm³/mol. The molecule has 0 spiro atoms. The van der Waals surface area contributed by atoms with E-state index in [1.165, 1.54) is 12.1 Å². The number of carboxylic acids is 1. The third-order valence-electron chi connectivity index (χ3n) is 2.12. The molecular weight excluding hydrogens is 338 g/mol. The van der Waals surface area contributed by atoms with Crippen molar-refractivity contribution < 1.29 is 23.1 Å². The van der Waals surface area contributed by atoms with Crippen molar-refractivity contribution in [1.29, 1.82) is 0 Å². The molecule has 1 atom stereocenters. The van der Waals surface area contributed by atoms with Crippen molar-refractivity contribution in [3.05, 3.63) is 27.7 Å². The number of anilines is 1. The lowest BCUT2D eigenvalue weighted by Gasteiger charge is -2.17. The van der Waals surface area contributed by atoms with Crippen LogP contribution in [0.2, 0.25) is 5.02 Å². The molecule has 0 radical (unpaired) electrons. The lowest BCUT2D eigenvalue weighted by Crippen LogP contribution is -2.36. The number of carbonyl (C=O) groups is 1. The second kappa shape index (κ2) is 5.79. The highest BCUT2D eigenvalue weighted by molar-refractivity contribution is 9.10. The van der Waals surface area contributed by atoms with Gasteiger partial charge in [-0.3, -0.25) is 4.79 Å². The van der Waals surface area contributed by atoms with Gasteiger partial charge in [-0.25, -0.2) is 0 Å². The van der Waals surface area contributed by atoms with Gasteiger partial charge in [0.05, 0.1) is 10.7 Å². The fourth-order valence-electron chi connectivity index (χ4n) is 1.19. The van der Waals surface area contributed by atoms with Gasteiger partial charge in [0.15, 0.2) is 5.92 Å². The van der Waals surface area contributed by atoms with E-state index < -0.39 is 24.6 Å². The van der Waals surface area contributed by atoms with Gasteiger partial charge in [0, 0.05) is 11.0 Å². The lowest BCUT2D eigenvalue weighted by molar-refractivity contribution is -0.190. The maximum atomic E-state index is 12.4. The van der Waals surface area contributed by atoms with Crippen molar-refractivity contribution in [2.75, 3.05) is 11.9 Å². The van der Waals surface area contributed by atoms with Crippen molar-refractivity contribution in [3.63, 3.8) is 0 Å². The van der Waals surface area contributed by atoms with Crippen LogP contribution >= 0.6 is 27.5 Å². The number of benzene rings is 1. The number of carboxylic acid groups (broad SMARTS) is 1. The Balaban J connectivity index is 2.77. The molecule has 0 aromatic heterocycles. The van der Waals surface area contributed by atoms with Gasteiger partial charge in [0.1, 0.15) is 0 Å². The Labute approximate surface area is 114 Å². The maximum absolute atomic E-state index is 12.4. The molecule has 0 bridgehead atoms. The number of rotatable bonds is 4. The van der Waals surface area contributed by atoms with Crippen LogP contribution in [-0.2, 0) is 4.79 Å². The summed E-state index contributed by atoms with van der Waals surface area (Å²) < 4.78 is 37.8. The first-order chi connectivity index (χ1) is 8.21. The minimum atomic E-state index is -4.80. The van der Waals surface area contributed by atoms with Crippen LogP contribution in [0.3, 0.4) is 0 Å². The van der Waals surface area contributed by atoms with Crippen molar-refractivity contribution in [2.24, 2.45) is 5.92 Å². The van der Waals surface area contributed by atoms with Crippen LogP contribution in [0.15, 0.2) is 22.7 Å². The van der Waals surface area contributed by atoms with Gasteiger partial charge in [-0.1, -0.05) is 27.5 Å². The van der Waals surface area contributed by atoms with E-state index in [9.17, 15) is 18.0 Å². The summed E-state index contributed by atoms with van der Waals surface area (Å²) >= 11 is 8.93. The summed E-state index contributed by atoms with van der Waals surface area (Å²) in [6, 6.07) is 4.53. The summed E-state index contributed by atoms with van der Waals surface area (Å²) in [6.45, 7) is -0.778. The number of alkyl halides is 3. The van der Waals surface area contributed by atoms with Crippen LogP contribution in [0.4, 0.5) is 18.9 Å². The van der Waals surface area contributed by atoms with Crippen molar-refractivity contribution in [3.8, 4) is 0 Å². The minimum absolute atomic E-state index is 0.204. The van der Waals surface area contributed by atoms with Crippen molar-refractivity contribution >= 4 is 39.2 Å². The standard InChI is InChI=1S/C10H8BrClF3NO2/c11-5-1-2-8(7(12)3-5)16-4-6(9(17)18)10(13,14)15/h1-3,6,16H,4H2,(H,17,18). The van der Waals surface area contributed by atoms with Crippen LogP contribution < -0.4 is 5.32 Å². The zero-order chi connectivity index (χ0) is 13.9. The monoisotopic (exact) mass is 345 g/mol. The number of hydrogen-bond acceptors (Lipinski definition) is 2. The second-order valence-corrected chi connectivity index (χ2v) is 4.76. The highest BCUT2D eigenvalue weighted by atomic mass is 79.9. The number of hydrogen-bond donors (Lipinski definition) is 2. The van der Waals surface area contributed by atoms with E-state index >= 15 is 0 Å². The summed E-state index contributed by atoms with van der Waals surface area (Å²) in [7, 11) is 0. The predicted octanol–water partition coefficient (Wildman–Crippen LogP) is 3.78. The van der Waals surface area contributed by atoms with E-state index in [1.807, 2.05) is 0 Å². The Bertz CT molecular complexity index is 453. The average molecular weight is 347 g/mol. The van der Waals surface area contributed by atoms with Crippen molar-refractivity contribution in [1.82, 2.24) is 0 Å². The molecule has 1 rings (SSSR count). The highest BCUT2D eigenvalue weighted by Crippen LogP contribution is 2.29. The van der Waals surface area contributed by atoms with Gasteiger partial charge in [0.25, 0.3) is 0 Å². The SMILES string of the molecule is O=C(O)C(CNc1ccc(Br)cc1Cl)C(F)(F)F. The fraction of sp³-hybridized carbons (Fsp3) is 0.300. The Kier molecular flexibility index (Phi) is 4.86. The van der Waals surface area contributed by atoms with Crippen LogP contribution in [0.1, 0.15) is 0 Å². The summed E-state index contributed by atoms with van der Waals surface area (Å²) in [5, 5.41) is 11.1. The molecule has 0 aliphatic carbocycles. The molecule has 18 heavy (non-hydrogen) atoms. The second-order valence-electron chi connectivity index (χ2n) is 3.44. The zero-order valence-electron chi connectivity index (χ0n) is 8.76. The Morgan fingerprint density at radius 3 is 2.56 bits per heavy atom. The molecule has 8 heteroatoms. The van der Waals surface area contributed by atoms with Gasteiger partial charge in [-0.15, -0.1) is 0 Å². The minimum Gasteiger partial charge on any atom is -0.481 e.